The van der Waals surface area contributed by atoms with Crippen LogP contribution in [0.4, 0.5) is 5.82 Å². The van der Waals surface area contributed by atoms with Gasteiger partial charge in [-0.3, -0.25) is 4.98 Å². The molecule has 0 saturated carbocycles. The molecule has 4 aromatic rings. The quantitative estimate of drug-likeness (QED) is 0.511. The van der Waals surface area contributed by atoms with Gasteiger partial charge in [-0.2, -0.15) is 0 Å². The van der Waals surface area contributed by atoms with E-state index < -0.39 is 0 Å². The van der Waals surface area contributed by atoms with Crippen LogP contribution >= 0.6 is 23.2 Å². The summed E-state index contributed by atoms with van der Waals surface area (Å²) in [5.41, 5.74) is 4.74. The van der Waals surface area contributed by atoms with E-state index in [0.29, 0.717) is 10.0 Å². The van der Waals surface area contributed by atoms with Crippen molar-refractivity contribution in [1.29, 1.82) is 0 Å². The van der Waals surface area contributed by atoms with Crippen LogP contribution in [0.25, 0.3) is 16.9 Å². The highest BCUT2D eigenvalue weighted by Gasteiger charge is 2.10. The number of pyridine rings is 1. The lowest BCUT2D eigenvalue weighted by atomic mass is 10.2. The first-order valence-corrected chi connectivity index (χ1v) is 9.31. The highest BCUT2D eigenvalue weighted by molar-refractivity contribution is 6.42. The maximum absolute atomic E-state index is 6.15. The van der Waals surface area contributed by atoms with E-state index in [1.54, 1.807) is 16.8 Å². The number of aromatic nitrogens is 4. The third kappa shape index (κ3) is 3.89. The fraction of sp³-hybridized carbons (Fsp3) is 0.150. The van der Waals surface area contributed by atoms with Gasteiger partial charge in [0.15, 0.2) is 5.65 Å². The summed E-state index contributed by atoms with van der Waals surface area (Å²) in [6.45, 7) is 2.77. The van der Waals surface area contributed by atoms with Gasteiger partial charge in [-0.1, -0.05) is 35.3 Å². The minimum absolute atomic E-state index is 0.504. The van der Waals surface area contributed by atoms with Gasteiger partial charge in [0.1, 0.15) is 5.82 Å². The van der Waals surface area contributed by atoms with E-state index in [1.165, 1.54) is 0 Å². The third-order valence-corrected chi connectivity index (χ3v) is 4.98. The summed E-state index contributed by atoms with van der Waals surface area (Å²) in [6.07, 6.45) is 4.49. The number of rotatable bonds is 5. The molecular formula is C20H17Cl2N5. The van der Waals surface area contributed by atoms with Crippen molar-refractivity contribution in [2.24, 2.45) is 0 Å². The third-order valence-electron chi connectivity index (χ3n) is 4.24. The normalized spacial score (nSPS) is 11.1. The Balaban J connectivity index is 1.54. The smallest absolute Gasteiger partial charge is 0.154 e. The molecule has 0 atom stereocenters. The summed E-state index contributed by atoms with van der Waals surface area (Å²) in [7, 11) is 0. The Hall–Kier alpha value is -2.63. The molecule has 3 heterocycles. The van der Waals surface area contributed by atoms with Crippen LogP contribution in [0.1, 0.15) is 11.3 Å². The number of nitrogens with zero attached hydrogens (tertiary/aromatic N) is 4. The first-order chi connectivity index (χ1) is 13.1. The van der Waals surface area contributed by atoms with Gasteiger partial charge in [-0.15, -0.1) is 5.10 Å². The summed E-state index contributed by atoms with van der Waals surface area (Å²) < 4.78 is 1.80. The number of fused-ring (bicyclic) bond motifs is 1. The van der Waals surface area contributed by atoms with E-state index in [4.69, 9.17) is 23.2 Å². The SMILES string of the molecule is Cc1ccc(CCNc2ccc3ncc(-c4ccc(Cl)c(Cl)c4)n3n2)nc1. The van der Waals surface area contributed by atoms with Crippen molar-refractivity contribution in [2.75, 3.05) is 11.9 Å². The van der Waals surface area contributed by atoms with Gasteiger partial charge < -0.3 is 5.32 Å². The lowest BCUT2D eigenvalue weighted by Crippen LogP contribution is -2.09. The first kappa shape index (κ1) is 17.8. The van der Waals surface area contributed by atoms with Crippen molar-refractivity contribution in [2.45, 2.75) is 13.3 Å². The van der Waals surface area contributed by atoms with Crippen LogP contribution < -0.4 is 5.32 Å². The van der Waals surface area contributed by atoms with Crippen LogP contribution in [-0.2, 0) is 6.42 Å². The first-order valence-electron chi connectivity index (χ1n) is 8.56. The summed E-state index contributed by atoms with van der Waals surface area (Å²) in [6, 6.07) is 13.5. The minimum atomic E-state index is 0.504. The fourth-order valence-electron chi connectivity index (χ4n) is 2.78. The number of aryl methyl sites for hydroxylation is 1. The number of anilines is 1. The fourth-order valence-corrected chi connectivity index (χ4v) is 3.08. The van der Waals surface area contributed by atoms with Crippen LogP contribution in [0.2, 0.25) is 10.0 Å². The number of hydrogen-bond acceptors (Lipinski definition) is 4. The van der Waals surface area contributed by atoms with Gasteiger partial charge >= 0.3 is 0 Å². The molecule has 0 saturated heterocycles. The molecule has 0 radical (unpaired) electrons. The Morgan fingerprint density at radius 3 is 2.63 bits per heavy atom. The van der Waals surface area contributed by atoms with Crippen molar-refractivity contribution < 1.29 is 0 Å². The Labute approximate surface area is 167 Å². The van der Waals surface area contributed by atoms with Crippen LogP contribution in [0, 0.1) is 6.92 Å². The largest absolute Gasteiger partial charge is 0.368 e. The van der Waals surface area contributed by atoms with Crippen LogP contribution in [0.15, 0.2) is 54.9 Å². The highest BCUT2D eigenvalue weighted by atomic mass is 35.5. The monoisotopic (exact) mass is 397 g/mol. The molecule has 0 fully saturated rings. The predicted octanol–water partition coefficient (Wildman–Crippen LogP) is 5.06. The molecule has 1 aromatic carbocycles. The van der Waals surface area contributed by atoms with E-state index in [1.807, 2.05) is 43.5 Å². The lowest BCUT2D eigenvalue weighted by molar-refractivity contribution is 0.906. The molecule has 27 heavy (non-hydrogen) atoms. The number of hydrogen-bond donors (Lipinski definition) is 1. The zero-order valence-corrected chi connectivity index (χ0v) is 16.2. The summed E-state index contributed by atoms with van der Waals surface area (Å²) >= 11 is 12.2. The molecule has 0 spiro atoms. The Kier molecular flexibility index (Phi) is 4.97. The molecule has 7 heteroatoms. The van der Waals surface area contributed by atoms with Crippen molar-refractivity contribution in [3.63, 3.8) is 0 Å². The lowest BCUT2D eigenvalue weighted by Gasteiger charge is -2.08. The van der Waals surface area contributed by atoms with Crippen LogP contribution in [-0.4, -0.2) is 26.1 Å². The second kappa shape index (κ2) is 7.55. The molecule has 4 rings (SSSR count). The van der Waals surface area contributed by atoms with E-state index in [9.17, 15) is 0 Å². The second-order valence-corrected chi connectivity index (χ2v) is 7.08. The molecule has 1 N–H and O–H groups in total. The van der Waals surface area contributed by atoms with E-state index in [0.717, 1.165) is 46.9 Å². The minimum Gasteiger partial charge on any atom is -0.368 e. The maximum atomic E-state index is 6.15. The van der Waals surface area contributed by atoms with Gasteiger partial charge in [0.25, 0.3) is 0 Å². The summed E-state index contributed by atoms with van der Waals surface area (Å²) in [4.78, 5) is 8.83. The molecule has 136 valence electrons. The van der Waals surface area contributed by atoms with E-state index >= 15 is 0 Å². The zero-order chi connectivity index (χ0) is 18.8. The Morgan fingerprint density at radius 1 is 0.963 bits per heavy atom. The standard InChI is InChI=1S/C20H17Cl2N5/c1-13-2-4-15(24-11-13)8-9-23-19-6-7-20-25-12-18(27(20)26-19)14-3-5-16(21)17(22)10-14/h2-7,10-12H,8-9H2,1H3,(H,23,26). The molecule has 0 bridgehead atoms. The Bertz CT molecular complexity index is 1090. The molecule has 3 aromatic heterocycles. The van der Waals surface area contributed by atoms with Crippen molar-refractivity contribution >= 4 is 34.7 Å². The van der Waals surface area contributed by atoms with Crippen LogP contribution in [0.5, 0.6) is 0 Å². The van der Waals surface area contributed by atoms with E-state index in [2.05, 4.69) is 26.4 Å². The number of halogens is 2. The predicted molar refractivity (Wildman–Crippen MR) is 110 cm³/mol. The molecule has 0 aliphatic rings. The molecule has 0 amide bonds. The number of benzene rings is 1. The van der Waals surface area contributed by atoms with Crippen LogP contribution in [0.3, 0.4) is 0 Å². The Morgan fingerprint density at radius 2 is 1.85 bits per heavy atom. The molecule has 0 aliphatic carbocycles. The van der Waals surface area contributed by atoms with Crippen molar-refractivity contribution in [1.82, 2.24) is 19.6 Å². The molecular weight excluding hydrogens is 381 g/mol. The van der Waals surface area contributed by atoms with E-state index in [-0.39, 0.29) is 0 Å². The number of imidazole rings is 1. The summed E-state index contributed by atoms with van der Waals surface area (Å²) in [5, 5.41) is 9.02. The number of nitrogens with one attached hydrogen (secondary N) is 1. The average molecular weight is 398 g/mol. The van der Waals surface area contributed by atoms with Crippen molar-refractivity contribution in [3.8, 4) is 11.3 Å². The van der Waals surface area contributed by atoms with Gasteiger partial charge in [-0.25, -0.2) is 9.50 Å². The average Bonchev–Trinajstić information content (AvgIpc) is 3.09. The highest BCUT2D eigenvalue weighted by Crippen LogP contribution is 2.28. The van der Waals surface area contributed by atoms with Gasteiger partial charge in [0.05, 0.1) is 21.9 Å². The van der Waals surface area contributed by atoms with Crippen molar-refractivity contribution in [3.05, 3.63) is 76.2 Å². The van der Waals surface area contributed by atoms with Gasteiger partial charge in [0.2, 0.25) is 0 Å². The van der Waals surface area contributed by atoms with Gasteiger partial charge in [-0.05, 0) is 42.8 Å². The second-order valence-electron chi connectivity index (χ2n) is 6.26. The maximum Gasteiger partial charge on any atom is 0.154 e. The summed E-state index contributed by atoms with van der Waals surface area (Å²) in [5.74, 6) is 0.772. The topological polar surface area (TPSA) is 55.1 Å². The van der Waals surface area contributed by atoms with Gasteiger partial charge in [0, 0.05) is 30.4 Å². The zero-order valence-electron chi connectivity index (χ0n) is 14.7. The molecule has 0 aliphatic heterocycles. The molecule has 0 unspecified atom stereocenters. The molecule has 5 nitrogen and oxygen atoms in total.